The SMILES string of the molecule is FCC(F)OC(F)(F)C(F)(F)CF. The average Bonchev–Trinajstić information content (AvgIpc) is 2.03. The Bertz CT molecular complexity index is 159. The fourth-order valence-electron chi connectivity index (χ4n) is 0.356. The maximum Gasteiger partial charge on any atom is 0.424 e. The zero-order valence-corrected chi connectivity index (χ0v) is 6.05. The Morgan fingerprint density at radius 3 is 1.85 bits per heavy atom. The van der Waals surface area contributed by atoms with Crippen LogP contribution >= 0.6 is 0 Å². The summed E-state index contributed by atoms with van der Waals surface area (Å²) in [6.45, 7) is -4.74. The minimum atomic E-state index is -5.35. The Kier molecular flexibility index (Phi) is 3.95. The summed E-state index contributed by atoms with van der Waals surface area (Å²) in [5, 5.41) is 0. The fourth-order valence-corrected chi connectivity index (χ4v) is 0.356. The molecule has 0 radical (unpaired) electrons. The van der Waals surface area contributed by atoms with Crippen LogP contribution in [0.15, 0.2) is 0 Å². The minimum Gasteiger partial charge on any atom is -0.278 e. The van der Waals surface area contributed by atoms with E-state index in [-0.39, 0.29) is 0 Å². The molecule has 8 heteroatoms. The molecule has 1 atom stereocenters. The molecule has 0 aliphatic rings. The van der Waals surface area contributed by atoms with E-state index in [1.165, 1.54) is 0 Å². The standard InChI is InChI=1S/C5H5F7O/c6-1-3(8)13-5(11,12)4(9,10)2-7/h3H,1-2H2. The van der Waals surface area contributed by atoms with Crippen LogP contribution in [-0.4, -0.2) is 31.7 Å². The summed E-state index contributed by atoms with van der Waals surface area (Å²) in [6.07, 6.45) is -8.56. The zero-order valence-electron chi connectivity index (χ0n) is 6.05. The van der Waals surface area contributed by atoms with Gasteiger partial charge in [-0.1, -0.05) is 0 Å². The molecule has 0 bridgehead atoms. The maximum atomic E-state index is 12.0. The predicted molar refractivity (Wildman–Crippen MR) is 27.8 cm³/mol. The summed E-state index contributed by atoms with van der Waals surface area (Å²) in [4.78, 5) is 0. The summed E-state index contributed by atoms with van der Waals surface area (Å²) in [7, 11) is 0. The Hall–Kier alpha value is -0.530. The van der Waals surface area contributed by atoms with Crippen LogP contribution < -0.4 is 0 Å². The molecule has 0 aromatic rings. The molecule has 0 aromatic heterocycles. The van der Waals surface area contributed by atoms with E-state index < -0.39 is 31.7 Å². The molecule has 0 N–H and O–H groups in total. The lowest BCUT2D eigenvalue weighted by Crippen LogP contribution is -2.46. The van der Waals surface area contributed by atoms with Crippen LogP contribution in [-0.2, 0) is 4.74 Å². The lowest BCUT2D eigenvalue weighted by Gasteiger charge is -2.24. The first kappa shape index (κ1) is 12.5. The Morgan fingerprint density at radius 1 is 1.08 bits per heavy atom. The highest BCUT2D eigenvalue weighted by Gasteiger charge is 2.59. The van der Waals surface area contributed by atoms with E-state index in [0.29, 0.717) is 0 Å². The Balaban J connectivity index is 4.38. The van der Waals surface area contributed by atoms with Gasteiger partial charge in [0.15, 0.2) is 6.67 Å². The molecule has 0 aromatic carbocycles. The van der Waals surface area contributed by atoms with Gasteiger partial charge >= 0.3 is 12.0 Å². The lowest BCUT2D eigenvalue weighted by atomic mass is 10.3. The highest BCUT2D eigenvalue weighted by molar-refractivity contribution is 4.76. The second-order valence-corrected chi connectivity index (χ2v) is 2.04. The molecule has 0 amide bonds. The number of alkyl halides is 7. The summed E-state index contributed by atoms with van der Waals surface area (Å²) >= 11 is 0. The molecule has 1 unspecified atom stereocenters. The lowest BCUT2D eigenvalue weighted by molar-refractivity contribution is -0.378. The van der Waals surface area contributed by atoms with Crippen molar-refractivity contribution < 1.29 is 35.5 Å². The first-order valence-electron chi connectivity index (χ1n) is 2.96. The van der Waals surface area contributed by atoms with E-state index in [1.54, 1.807) is 0 Å². The van der Waals surface area contributed by atoms with E-state index in [1.807, 2.05) is 0 Å². The molecule has 0 spiro atoms. The summed E-state index contributed by atoms with van der Waals surface area (Å²) < 4.78 is 84.8. The van der Waals surface area contributed by atoms with Crippen molar-refractivity contribution in [1.29, 1.82) is 0 Å². The normalized spacial score (nSPS) is 15.9. The quantitative estimate of drug-likeness (QED) is 0.638. The van der Waals surface area contributed by atoms with Crippen molar-refractivity contribution in [3.8, 4) is 0 Å². The summed E-state index contributed by atoms with van der Waals surface area (Å²) in [6, 6.07) is 0. The number of halogens is 7. The van der Waals surface area contributed by atoms with Crippen molar-refractivity contribution in [2.24, 2.45) is 0 Å². The van der Waals surface area contributed by atoms with Crippen molar-refractivity contribution in [3.63, 3.8) is 0 Å². The highest BCUT2D eigenvalue weighted by Crippen LogP contribution is 2.36. The number of hydrogen-bond acceptors (Lipinski definition) is 1. The van der Waals surface area contributed by atoms with E-state index in [0.717, 1.165) is 0 Å². The van der Waals surface area contributed by atoms with Crippen LogP contribution in [0.1, 0.15) is 0 Å². The minimum absolute atomic E-state index is 2.02. The van der Waals surface area contributed by atoms with Crippen LogP contribution in [0, 0.1) is 0 Å². The second kappa shape index (κ2) is 4.12. The van der Waals surface area contributed by atoms with E-state index in [9.17, 15) is 30.7 Å². The van der Waals surface area contributed by atoms with Gasteiger partial charge in [-0.15, -0.1) is 0 Å². The van der Waals surface area contributed by atoms with E-state index >= 15 is 0 Å². The number of hydrogen-bond donors (Lipinski definition) is 0. The van der Waals surface area contributed by atoms with Gasteiger partial charge in [0.25, 0.3) is 0 Å². The summed E-state index contributed by atoms with van der Waals surface area (Å²) in [5.74, 6) is -5.16. The molecule has 0 rings (SSSR count). The van der Waals surface area contributed by atoms with Gasteiger partial charge in [-0.25, -0.2) is 13.2 Å². The third kappa shape index (κ3) is 3.02. The zero-order chi connectivity index (χ0) is 10.7. The highest BCUT2D eigenvalue weighted by atomic mass is 19.3. The molecule has 80 valence electrons. The van der Waals surface area contributed by atoms with Crippen LogP contribution in [0.5, 0.6) is 0 Å². The van der Waals surface area contributed by atoms with Crippen molar-refractivity contribution in [3.05, 3.63) is 0 Å². The predicted octanol–water partition coefficient (Wildman–Crippen LogP) is 2.47. The Labute approximate surface area is 68.5 Å². The molecule has 13 heavy (non-hydrogen) atoms. The second-order valence-electron chi connectivity index (χ2n) is 2.04. The van der Waals surface area contributed by atoms with Crippen LogP contribution in [0.3, 0.4) is 0 Å². The molecular weight excluding hydrogens is 209 g/mol. The van der Waals surface area contributed by atoms with Gasteiger partial charge in [0.05, 0.1) is 0 Å². The number of rotatable bonds is 5. The van der Waals surface area contributed by atoms with E-state index in [4.69, 9.17) is 0 Å². The molecule has 0 aliphatic heterocycles. The molecule has 0 aliphatic carbocycles. The van der Waals surface area contributed by atoms with Crippen molar-refractivity contribution in [2.75, 3.05) is 13.3 Å². The number of ether oxygens (including phenoxy) is 1. The first-order chi connectivity index (χ1) is 5.77. The van der Waals surface area contributed by atoms with Gasteiger partial charge in [0, 0.05) is 0 Å². The van der Waals surface area contributed by atoms with Crippen molar-refractivity contribution >= 4 is 0 Å². The van der Waals surface area contributed by atoms with Crippen LogP contribution in [0.25, 0.3) is 0 Å². The molecule has 1 nitrogen and oxygen atoms in total. The maximum absolute atomic E-state index is 12.0. The van der Waals surface area contributed by atoms with Crippen LogP contribution in [0.4, 0.5) is 30.7 Å². The largest absolute Gasteiger partial charge is 0.424 e. The summed E-state index contributed by atoms with van der Waals surface area (Å²) in [5.41, 5.74) is 0. The first-order valence-corrected chi connectivity index (χ1v) is 2.96. The van der Waals surface area contributed by atoms with Crippen molar-refractivity contribution in [2.45, 2.75) is 18.4 Å². The van der Waals surface area contributed by atoms with Gasteiger partial charge < -0.3 is 0 Å². The molecule has 0 saturated heterocycles. The Morgan fingerprint density at radius 2 is 1.54 bits per heavy atom. The van der Waals surface area contributed by atoms with Gasteiger partial charge in [0.2, 0.25) is 6.36 Å². The average molecular weight is 214 g/mol. The molecule has 0 heterocycles. The fraction of sp³-hybridized carbons (Fsp3) is 1.00. The van der Waals surface area contributed by atoms with Crippen molar-refractivity contribution in [1.82, 2.24) is 0 Å². The van der Waals surface area contributed by atoms with Crippen LogP contribution in [0.2, 0.25) is 0 Å². The third-order valence-corrected chi connectivity index (χ3v) is 0.991. The van der Waals surface area contributed by atoms with E-state index in [2.05, 4.69) is 4.74 Å². The topological polar surface area (TPSA) is 9.23 Å². The molecular formula is C5H5F7O. The van der Waals surface area contributed by atoms with Gasteiger partial charge in [-0.2, -0.15) is 17.6 Å². The third-order valence-electron chi connectivity index (χ3n) is 0.991. The monoisotopic (exact) mass is 214 g/mol. The van der Waals surface area contributed by atoms with Gasteiger partial charge in [-0.05, 0) is 0 Å². The molecule has 0 fully saturated rings. The van der Waals surface area contributed by atoms with Gasteiger partial charge in [-0.3, -0.25) is 4.74 Å². The molecule has 0 saturated carbocycles. The van der Waals surface area contributed by atoms with Gasteiger partial charge in [0.1, 0.15) is 6.67 Å². The smallest absolute Gasteiger partial charge is 0.278 e.